The van der Waals surface area contributed by atoms with Gasteiger partial charge in [0.05, 0.1) is 6.10 Å². The summed E-state index contributed by atoms with van der Waals surface area (Å²) in [5.74, 6) is 1.01. The molecule has 0 saturated carbocycles. The van der Waals surface area contributed by atoms with Gasteiger partial charge in [0.1, 0.15) is 0 Å². The molecule has 0 aromatic rings. The number of hydrogen-bond acceptors (Lipinski definition) is 2. The molecule has 1 N–H and O–H groups in total. The Balaban J connectivity index is 3.27. The predicted octanol–water partition coefficient (Wildman–Crippen LogP) is 1.68. The van der Waals surface area contributed by atoms with Crippen LogP contribution < -0.4 is 0 Å². The quantitative estimate of drug-likeness (QED) is 0.609. The van der Waals surface area contributed by atoms with Gasteiger partial charge >= 0.3 is 0 Å². The molecule has 0 aliphatic rings. The van der Waals surface area contributed by atoms with E-state index < -0.39 is 0 Å². The molecule has 0 radical (unpaired) electrons. The van der Waals surface area contributed by atoms with Gasteiger partial charge in [0, 0.05) is 0 Å². The highest BCUT2D eigenvalue weighted by atomic mass is 32.2. The van der Waals surface area contributed by atoms with Crippen molar-refractivity contribution < 1.29 is 5.11 Å². The van der Waals surface area contributed by atoms with Crippen LogP contribution in [0, 0.1) is 0 Å². The molecule has 0 aromatic carbocycles. The van der Waals surface area contributed by atoms with E-state index in [1.165, 1.54) is 0 Å². The number of aliphatic hydroxyl groups excluding tert-OH is 1. The van der Waals surface area contributed by atoms with Gasteiger partial charge in [0.2, 0.25) is 0 Å². The molecule has 0 aliphatic heterocycles. The molecule has 0 bridgehead atoms. The Hall–Kier alpha value is 0.0500. The summed E-state index contributed by atoms with van der Waals surface area (Å²) in [4.78, 5) is 0. The zero-order valence-electron chi connectivity index (χ0n) is 6.05. The lowest BCUT2D eigenvalue weighted by atomic mass is 10.1. The van der Waals surface area contributed by atoms with Crippen LogP contribution in [0.2, 0.25) is 0 Å². The van der Waals surface area contributed by atoms with E-state index in [4.69, 9.17) is 5.11 Å². The van der Waals surface area contributed by atoms with Gasteiger partial charge in [-0.25, -0.2) is 0 Å². The van der Waals surface area contributed by atoms with E-state index in [2.05, 4.69) is 6.58 Å². The van der Waals surface area contributed by atoms with Crippen LogP contribution >= 0.6 is 11.8 Å². The molecule has 1 unspecified atom stereocenters. The second kappa shape index (κ2) is 4.89. The van der Waals surface area contributed by atoms with Crippen LogP contribution in [0.1, 0.15) is 13.3 Å². The lowest BCUT2D eigenvalue weighted by Gasteiger charge is -2.07. The van der Waals surface area contributed by atoms with Gasteiger partial charge in [-0.05, 0) is 25.4 Å². The fraction of sp³-hybridized carbons (Fsp3) is 0.714. The van der Waals surface area contributed by atoms with Crippen LogP contribution in [0.3, 0.4) is 0 Å². The first-order valence-electron chi connectivity index (χ1n) is 3.01. The van der Waals surface area contributed by atoms with Crippen LogP contribution in [-0.2, 0) is 0 Å². The molecule has 1 atom stereocenters. The lowest BCUT2D eigenvalue weighted by Crippen LogP contribution is -2.07. The van der Waals surface area contributed by atoms with Crippen molar-refractivity contribution >= 4 is 11.8 Å². The van der Waals surface area contributed by atoms with Gasteiger partial charge in [0.25, 0.3) is 0 Å². The summed E-state index contributed by atoms with van der Waals surface area (Å²) in [6.45, 7) is 5.50. The molecule has 2 heteroatoms. The third kappa shape index (κ3) is 4.55. The number of rotatable bonds is 4. The molecule has 0 aromatic heterocycles. The molecule has 0 amide bonds. The minimum absolute atomic E-state index is 0.294. The van der Waals surface area contributed by atoms with Crippen molar-refractivity contribution in [3.63, 3.8) is 0 Å². The SMILES string of the molecule is C=C(C)C(O)CCSC. The predicted molar refractivity (Wildman–Crippen MR) is 43.8 cm³/mol. The fourth-order valence-electron chi connectivity index (χ4n) is 0.476. The van der Waals surface area contributed by atoms with Gasteiger partial charge < -0.3 is 5.11 Å². The molecule has 0 aliphatic carbocycles. The summed E-state index contributed by atoms with van der Waals surface area (Å²) in [7, 11) is 0. The first kappa shape index (κ1) is 9.05. The molecule has 0 heterocycles. The summed E-state index contributed by atoms with van der Waals surface area (Å²) < 4.78 is 0. The van der Waals surface area contributed by atoms with Crippen LogP contribution in [0.15, 0.2) is 12.2 Å². The Morgan fingerprint density at radius 2 is 2.33 bits per heavy atom. The second-order valence-corrected chi connectivity index (χ2v) is 3.13. The molecule has 54 valence electrons. The fourth-order valence-corrected chi connectivity index (χ4v) is 0.935. The smallest absolute Gasteiger partial charge is 0.0752 e. The van der Waals surface area contributed by atoms with Crippen molar-refractivity contribution in [1.82, 2.24) is 0 Å². The molecule has 0 saturated heterocycles. The first-order chi connectivity index (χ1) is 4.18. The summed E-state index contributed by atoms with van der Waals surface area (Å²) in [6, 6.07) is 0. The van der Waals surface area contributed by atoms with Crippen LogP contribution in [-0.4, -0.2) is 23.2 Å². The summed E-state index contributed by atoms with van der Waals surface area (Å²) in [5, 5.41) is 9.14. The first-order valence-corrected chi connectivity index (χ1v) is 4.40. The van der Waals surface area contributed by atoms with E-state index >= 15 is 0 Å². The maximum absolute atomic E-state index is 9.14. The Morgan fingerprint density at radius 3 is 2.67 bits per heavy atom. The van der Waals surface area contributed by atoms with E-state index in [9.17, 15) is 0 Å². The average Bonchev–Trinajstić information content (AvgIpc) is 1.82. The number of hydrogen-bond donors (Lipinski definition) is 1. The molecule has 1 nitrogen and oxygen atoms in total. The minimum Gasteiger partial charge on any atom is -0.389 e. The van der Waals surface area contributed by atoms with Crippen LogP contribution in [0.5, 0.6) is 0 Å². The highest BCUT2D eigenvalue weighted by Gasteiger charge is 2.01. The third-order valence-corrected chi connectivity index (χ3v) is 1.81. The monoisotopic (exact) mass is 146 g/mol. The number of thioether (sulfide) groups is 1. The molecule has 0 spiro atoms. The molecular weight excluding hydrogens is 132 g/mol. The maximum atomic E-state index is 9.14. The van der Waals surface area contributed by atoms with E-state index in [0.717, 1.165) is 17.7 Å². The second-order valence-electron chi connectivity index (χ2n) is 2.14. The Bertz CT molecular complexity index is 90.9. The summed E-state index contributed by atoms with van der Waals surface area (Å²) in [5.41, 5.74) is 0.865. The summed E-state index contributed by atoms with van der Waals surface area (Å²) in [6.07, 6.45) is 2.57. The molecule has 0 rings (SSSR count). The van der Waals surface area contributed by atoms with Crippen molar-refractivity contribution in [2.24, 2.45) is 0 Å². The third-order valence-electron chi connectivity index (χ3n) is 1.16. The van der Waals surface area contributed by atoms with Gasteiger partial charge in [-0.1, -0.05) is 12.2 Å². The van der Waals surface area contributed by atoms with E-state index in [1.807, 2.05) is 13.2 Å². The van der Waals surface area contributed by atoms with Crippen molar-refractivity contribution in [3.8, 4) is 0 Å². The molecule has 0 fully saturated rings. The van der Waals surface area contributed by atoms with Gasteiger partial charge in [-0.2, -0.15) is 11.8 Å². The van der Waals surface area contributed by atoms with Crippen molar-refractivity contribution in [2.75, 3.05) is 12.0 Å². The Kier molecular flexibility index (Phi) is 4.91. The Morgan fingerprint density at radius 1 is 1.78 bits per heavy atom. The summed E-state index contributed by atoms with van der Waals surface area (Å²) >= 11 is 1.75. The Labute approximate surface area is 61.2 Å². The normalized spacial score (nSPS) is 13.2. The van der Waals surface area contributed by atoms with E-state index in [0.29, 0.717) is 0 Å². The van der Waals surface area contributed by atoms with Crippen molar-refractivity contribution in [2.45, 2.75) is 19.4 Å². The van der Waals surface area contributed by atoms with E-state index in [-0.39, 0.29) is 6.10 Å². The van der Waals surface area contributed by atoms with Gasteiger partial charge in [-0.15, -0.1) is 0 Å². The maximum Gasteiger partial charge on any atom is 0.0752 e. The van der Waals surface area contributed by atoms with Crippen LogP contribution in [0.4, 0.5) is 0 Å². The standard InChI is InChI=1S/C7H14OS/c1-6(2)7(8)4-5-9-3/h7-8H,1,4-5H2,2-3H3. The zero-order valence-corrected chi connectivity index (χ0v) is 6.87. The van der Waals surface area contributed by atoms with Crippen molar-refractivity contribution in [1.29, 1.82) is 0 Å². The lowest BCUT2D eigenvalue weighted by molar-refractivity contribution is 0.208. The average molecular weight is 146 g/mol. The highest BCUT2D eigenvalue weighted by molar-refractivity contribution is 7.98. The highest BCUT2D eigenvalue weighted by Crippen LogP contribution is 2.06. The topological polar surface area (TPSA) is 20.2 Å². The molecule has 9 heavy (non-hydrogen) atoms. The zero-order chi connectivity index (χ0) is 7.28. The largest absolute Gasteiger partial charge is 0.389 e. The van der Waals surface area contributed by atoms with Crippen LogP contribution in [0.25, 0.3) is 0 Å². The van der Waals surface area contributed by atoms with Gasteiger partial charge in [0.15, 0.2) is 0 Å². The van der Waals surface area contributed by atoms with Crippen molar-refractivity contribution in [3.05, 3.63) is 12.2 Å². The van der Waals surface area contributed by atoms with Gasteiger partial charge in [-0.3, -0.25) is 0 Å². The van der Waals surface area contributed by atoms with E-state index in [1.54, 1.807) is 11.8 Å². The number of aliphatic hydroxyl groups is 1. The minimum atomic E-state index is -0.294. The molecular formula is C7H14OS.